The molecule has 5 aliphatic heterocycles. The van der Waals surface area contributed by atoms with Gasteiger partial charge in [-0.05, 0) is 220 Å². The third kappa shape index (κ3) is 32.2. The number of nitrogens with two attached hydrogens (primary N) is 1. The quantitative estimate of drug-likeness (QED) is 0.0484. The maximum atomic E-state index is 13.1. The minimum absolute atomic E-state index is 0.0175. The van der Waals surface area contributed by atoms with E-state index in [1.54, 1.807) is 71.8 Å². The van der Waals surface area contributed by atoms with E-state index in [1.807, 2.05) is 176 Å². The molecule has 5 aromatic heterocycles. The van der Waals surface area contributed by atoms with E-state index in [9.17, 15) is 14.4 Å². The minimum Gasteiger partial charge on any atom is -0.402 e. The lowest BCUT2D eigenvalue weighted by Gasteiger charge is -2.40. The predicted molar refractivity (Wildman–Crippen MR) is 576 cm³/mol. The lowest BCUT2D eigenvalue weighted by molar-refractivity contribution is -0.136. The number of rotatable bonds is 27. The van der Waals surface area contributed by atoms with Crippen LogP contribution in [0.15, 0.2) is 240 Å². The van der Waals surface area contributed by atoms with Crippen molar-refractivity contribution in [3.63, 3.8) is 0 Å². The van der Waals surface area contributed by atoms with Gasteiger partial charge in [-0.1, -0.05) is 202 Å². The Morgan fingerprint density at radius 3 is 1.06 bits per heavy atom. The van der Waals surface area contributed by atoms with Crippen molar-refractivity contribution in [2.75, 3.05) is 78.5 Å². The molecule has 5 fully saturated rings. The van der Waals surface area contributed by atoms with Gasteiger partial charge in [0.05, 0.1) is 62.2 Å². The molecule has 10 aromatic rings. The molecular formula is C106H121Cl9N12O3S5. The number of carbonyl (C=O) groups excluding carboxylic acids is 3. The molecule has 0 bridgehead atoms. The SMILES string of the molecule is C=C(N)C1CCCN(C(=O)c2cncc(CSc3c(Cl)cccc3Cl)c2)C1.C=C(c1cncc(CSc2c(Cl)cccc2Cl)c1)N1CC(C)CC(C)C1.C=C(c1cncc(CSc2c(Cl)cccc2Cl)c1)N1CCCC(C)(C)C1.C=C(c1cncc(CSc2c(Cl)cccc2Cl)c1)N1CCCC(C)C1.CCN(CC)C(=O)C1CCCN(C(=O)c2cncc(CSc3c(C)cccc3Cl)c2)C1. The summed E-state index contributed by atoms with van der Waals surface area (Å²) >= 11 is 64.4. The van der Waals surface area contributed by atoms with Crippen LogP contribution < -0.4 is 5.73 Å². The van der Waals surface area contributed by atoms with E-state index < -0.39 is 0 Å². The highest BCUT2D eigenvalue weighted by Crippen LogP contribution is 2.43. The summed E-state index contributed by atoms with van der Waals surface area (Å²) < 4.78 is 0. The molecule has 5 atom stereocenters. The van der Waals surface area contributed by atoms with E-state index in [0.29, 0.717) is 118 Å². The molecule has 716 valence electrons. The molecule has 0 saturated carbocycles. The molecule has 15 nitrogen and oxygen atoms in total. The van der Waals surface area contributed by atoms with Gasteiger partial charge in [0.15, 0.2) is 0 Å². The van der Waals surface area contributed by atoms with Crippen LogP contribution >= 0.6 is 163 Å². The highest BCUT2D eigenvalue weighted by atomic mass is 35.5. The maximum Gasteiger partial charge on any atom is 0.255 e. The number of benzene rings is 5. The summed E-state index contributed by atoms with van der Waals surface area (Å²) in [6.07, 6.45) is 28.1. The summed E-state index contributed by atoms with van der Waals surface area (Å²) in [7, 11) is 0. The van der Waals surface area contributed by atoms with Gasteiger partial charge in [0.25, 0.3) is 11.8 Å². The second kappa shape index (κ2) is 53.4. The summed E-state index contributed by atoms with van der Waals surface area (Å²) in [4.78, 5) is 77.9. The second-order valence-electron chi connectivity index (χ2n) is 35.8. The Hall–Kier alpha value is -7.22. The number of likely N-dealkylation sites (tertiary alicyclic amines) is 5. The zero-order valence-corrected chi connectivity index (χ0v) is 89.0. The number of pyridine rings is 5. The summed E-state index contributed by atoms with van der Waals surface area (Å²) in [5.41, 5.74) is 20.9. The lowest BCUT2D eigenvalue weighted by Crippen LogP contribution is -2.46. The summed E-state index contributed by atoms with van der Waals surface area (Å²) in [5, 5.41) is 6.10. The summed E-state index contributed by atoms with van der Waals surface area (Å²) in [6, 6.07) is 38.4. The van der Waals surface area contributed by atoms with Crippen LogP contribution in [0.5, 0.6) is 0 Å². The summed E-state index contributed by atoms with van der Waals surface area (Å²) in [5.74, 6) is 5.86. The smallest absolute Gasteiger partial charge is 0.255 e. The molecule has 135 heavy (non-hydrogen) atoms. The molecule has 0 aliphatic carbocycles. The fourth-order valence-electron chi connectivity index (χ4n) is 17.1. The van der Waals surface area contributed by atoms with E-state index in [-0.39, 0.29) is 29.6 Å². The highest BCUT2D eigenvalue weighted by Gasteiger charge is 2.33. The number of piperidine rings is 5. The second-order valence-corrected chi connectivity index (χ2v) is 44.4. The molecule has 2 N–H and O–H groups in total. The fourth-order valence-corrected chi connectivity index (χ4v) is 24.9. The number of carbonyl (C=O) groups is 3. The first kappa shape index (κ1) is 108. The number of aryl methyl sites for hydroxylation is 1. The maximum absolute atomic E-state index is 13.1. The molecule has 0 spiro atoms. The number of hydrogen-bond acceptors (Lipinski definition) is 17. The van der Waals surface area contributed by atoms with Gasteiger partial charge in [0, 0.05) is 239 Å². The molecule has 5 saturated heterocycles. The molecule has 5 aliphatic rings. The van der Waals surface area contributed by atoms with Gasteiger partial charge in [-0.25, -0.2) is 0 Å². The van der Waals surface area contributed by atoms with Crippen molar-refractivity contribution in [3.8, 4) is 0 Å². The van der Waals surface area contributed by atoms with Crippen molar-refractivity contribution in [3.05, 3.63) is 322 Å². The predicted octanol–water partition coefficient (Wildman–Crippen LogP) is 29.8. The van der Waals surface area contributed by atoms with E-state index >= 15 is 0 Å². The van der Waals surface area contributed by atoms with Gasteiger partial charge in [-0.3, -0.25) is 39.3 Å². The molecule has 29 heteroatoms. The number of nitrogens with zero attached hydrogens (tertiary/aromatic N) is 11. The Bertz CT molecular complexity index is 5540. The molecule has 3 amide bonds. The number of aromatic nitrogens is 5. The zero-order valence-electron chi connectivity index (χ0n) is 78.1. The molecule has 5 aromatic carbocycles. The first-order chi connectivity index (χ1) is 64.7. The molecule has 5 unspecified atom stereocenters. The van der Waals surface area contributed by atoms with Crippen LogP contribution in [0, 0.1) is 41.9 Å². The van der Waals surface area contributed by atoms with Crippen molar-refractivity contribution < 1.29 is 14.4 Å². The Labute approximate surface area is 866 Å². The Morgan fingerprint density at radius 2 is 0.696 bits per heavy atom. The van der Waals surface area contributed by atoms with Gasteiger partial charge < -0.3 is 35.1 Å². The number of hydrogen-bond donors (Lipinski definition) is 1. The third-order valence-electron chi connectivity index (χ3n) is 24.2. The Balaban J connectivity index is 0.000000163. The van der Waals surface area contributed by atoms with Crippen LogP contribution in [0.3, 0.4) is 0 Å². The Kier molecular flexibility index (Phi) is 42.8. The van der Waals surface area contributed by atoms with Gasteiger partial charge in [-0.15, -0.1) is 58.8 Å². The van der Waals surface area contributed by atoms with Crippen LogP contribution in [0.25, 0.3) is 17.1 Å². The van der Waals surface area contributed by atoms with Gasteiger partial charge >= 0.3 is 0 Å². The monoisotopic (exact) mass is 2080 g/mol. The van der Waals surface area contributed by atoms with Gasteiger partial charge in [-0.2, -0.15) is 0 Å². The normalized spacial score (nSPS) is 17.5. The largest absolute Gasteiger partial charge is 0.402 e. The zero-order chi connectivity index (χ0) is 97.0. The topological polar surface area (TPSA) is 161 Å². The van der Waals surface area contributed by atoms with Gasteiger partial charge in [0.2, 0.25) is 5.91 Å². The van der Waals surface area contributed by atoms with Crippen LogP contribution in [0.4, 0.5) is 0 Å². The van der Waals surface area contributed by atoms with Crippen molar-refractivity contribution in [1.82, 2.24) is 54.3 Å². The van der Waals surface area contributed by atoms with E-state index in [1.165, 1.54) is 43.9 Å². The van der Waals surface area contributed by atoms with E-state index in [0.717, 1.165) is 191 Å². The fraction of sp³-hybridized carbons (Fsp3) is 0.377. The standard InChI is InChI=1S/C24H30ClN3O2S.2C21H24Cl2N2S.C20H21Cl2N3OS.C20H22Cl2N2S/c1-4-27(5-2)23(29)19-9-7-11-28(15-19)24(30)20-12-18(13-26-14-20)16-31-22-17(3)8-6-10-21(22)25;1-15(25-9-5-8-21(2,3)14-25)17-10-16(11-24-12-17)13-26-20-18(22)6-4-7-19(20)23;1-14-7-15(2)12-25(11-14)16(3)18-8-17(9-24-10-18)13-26-21-19(22)5-4-6-20(21)23;1-13(23)15-4-3-7-25(11-15)20(26)16-8-14(9-24-10-16)12-27-19-17(21)5-2-6-18(19)22;1-14-5-4-8-24(12-14)15(2)17-9-16(10-23-11-17)13-25-20-18(21)6-3-7-19(20)22/h6,8,10,12-14,19H,4-5,7,9,11,15-16H2,1-3H3;4,6-7,10-12H,1,5,8-9,13-14H2,2-3H3;4-6,8-10,14-15H,3,7,11-13H2,1-2H3;2,5-6,8-10,15H,1,3-4,7,11-12,23H2;3,6-7,9-11,14H,2,4-5,8,12-13H2,1H3. The average Bonchev–Trinajstić information content (AvgIpc) is 0.854. The Morgan fingerprint density at radius 1 is 0.393 bits per heavy atom. The molecule has 15 rings (SSSR count). The number of thioether (sulfide) groups is 5. The van der Waals surface area contributed by atoms with Crippen LogP contribution in [0.1, 0.15) is 177 Å². The lowest BCUT2D eigenvalue weighted by atomic mass is 9.84. The third-order valence-corrected chi connectivity index (χ3v) is 34.1. The van der Waals surface area contributed by atoms with Crippen LogP contribution in [-0.2, 0) is 33.6 Å². The summed E-state index contributed by atoms with van der Waals surface area (Å²) in [6.45, 7) is 44.7. The van der Waals surface area contributed by atoms with Crippen molar-refractivity contribution >= 4 is 198 Å². The van der Waals surface area contributed by atoms with Crippen molar-refractivity contribution in [2.24, 2.45) is 40.7 Å². The highest BCUT2D eigenvalue weighted by molar-refractivity contribution is 7.99. The van der Waals surface area contributed by atoms with Gasteiger partial charge in [0.1, 0.15) is 0 Å². The van der Waals surface area contributed by atoms with Crippen LogP contribution in [0.2, 0.25) is 45.2 Å². The molecule has 10 heterocycles. The average molecular weight is 2090 g/mol. The van der Waals surface area contributed by atoms with Crippen molar-refractivity contribution in [1.29, 1.82) is 0 Å². The first-order valence-corrected chi connectivity index (χ1v) is 54.1. The number of halogens is 9. The first-order valence-electron chi connectivity index (χ1n) is 45.7. The van der Waals surface area contributed by atoms with E-state index in [4.69, 9.17) is 110 Å². The molecule has 0 radical (unpaired) electrons. The molecular weight excluding hydrogens is 1970 g/mol. The van der Waals surface area contributed by atoms with Crippen LogP contribution in [-0.4, -0.2) is 151 Å². The minimum atomic E-state index is -0.118. The number of amides is 3. The van der Waals surface area contributed by atoms with Crippen molar-refractivity contribution in [2.45, 2.75) is 166 Å². The van der Waals surface area contributed by atoms with E-state index in [2.05, 4.69) is 119 Å².